The van der Waals surface area contributed by atoms with Gasteiger partial charge in [-0.15, -0.1) is 0 Å². The minimum Gasteiger partial charge on any atom is -0.346 e. The molecule has 4 N–H and O–H groups in total. The van der Waals surface area contributed by atoms with Crippen LogP contribution in [0.4, 0.5) is 0 Å². The maximum Gasteiger partial charge on any atom is 0.272 e. The number of H-pyrrole nitrogens is 1. The predicted octanol–water partition coefficient (Wildman–Crippen LogP) is 0.439. The number of nitrogens with two attached hydrogens (primary N) is 1. The number of amides is 1. The van der Waals surface area contributed by atoms with Crippen LogP contribution in [0, 0.1) is 5.92 Å². The van der Waals surface area contributed by atoms with Gasteiger partial charge in [-0.25, -0.2) is 0 Å². The van der Waals surface area contributed by atoms with Crippen molar-refractivity contribution in [2.75, 3.05) is 6.54 Å². The Labute approximate surface area is 94.8 Å². The largest absolute Gasteiger partial charge is 0.346 e. The summed E-state index contributed by atoms with van der Waals surface area (Å²) in [6.45, 7) is 2.52. The fourth-order valence-electron chi connectivity index (χ4n) is 1.77. The van der Waals surface area contributed by atoms with Crippen LogP contribution in [0.3, 0.4) is 0 Å². The van der Waals surface area contributed by atoms with E-state index in [1.54, 1.807) is 6.07 Å². The van der Waals surface area contributed by atoms with Crippen molar-refractivity contribution in [1.82, 2.24) is 15.5 Å². The summed E-state index contributed by atoms with van der Waals surface area (Å²) in [6, 6.07) is 1.89. The zero-order valence-electron chi connectivity index (χ0n) is 9.49. The number of carbonyl (C=O) groups is 1. The van der Waals surface area contributed by atoms with E-state index in [0.717, 1.165) is 12.1 Å². The molecule has 2 rings (SSSR count). The second kappa shape index (κ2) is 4.65. The molecule has 1 amide bonds. The first-order chi connectivity index (χ1) is 7.74. The van der Waals surface area contributed by atoms with Crippen LogP contribution in [-0.2, 0) is 6.42 Å². The Morgan fingerprint density at radius 1 is 1.75 bits per heavy atom. The molecule has 0 aliphatic heterocycles. The Bertz CT molecular complexity index is 370. The highest BCUT2D eigenvalue weighted by Gasteiger charge is 2.31. The van der Waals surface area contributed by atoms with Crippen molar-refractivity contribution in [3.63, 3.8) is 0 Å². The zero-order chi connectivity index (χ0) is 11.5. The molecule has 1 unspecified atom stereocenters. The van der Waals surface area contributed by atoms with Gasteiger partial charge in [-0.05, 0) is 31.2 Å². The Morgan fingerprint density at radius 3 is 3.00 bits per heavy atom. The third kappa shape index (κ3) is 2.41. The fourth-order valence-corrected chi connectivity index (χ4v) is 1.77. The first kappa shape index (κ1) is 11.1. The Hall–Kier alpha value is -1.36. The molecule has 1 aromatic rings. The summed E-state index contributed by atoms with van der Waals surface area (Å²) in [6.07, 6.45) is 3.19. The van der Waals surface area contributed by atoms with Gasteiger partial charge in [-0.2, -0.15) is 5.10 Å². The molecule has 0 bridgehead atoms. The molecule has 1 aliphatic rings. The molecule has 0 spiro atoms. The first-order valence-electron chi connectivity index (χ1n) is 5.79. The molecule has 1 aliphatic carbocycles. The molecule has 1 fully saturated rings. The van der Waals surface area contributed by atoms with E-state index in [4.69, 9.17) is 5.73 Å². The molecule has 5 heteroatoms. The van der Waals surface area contributed by atoms with Crippen molar-refractivity contribution in [2.45, 2.75) is 32.2 Å². The summed E-state index contributed by atoms with van der Waals surface area (Å²) in [5.74, 6) is 0.442. The van der Waals surface area contributed by atoms with Gasteiger partial charge in [0.15, 0.2) is 0 Å². The maximum atomic E-state index is 11.8. The summed E-state index contributed by atoms with van der Waals surface area (Å²) in [5, 5.41) is 9.74. The number of aryl methyl sites for hydroxylation is 1. The highest BCUT2D eigenvalue weighted by molar-refractivity contribution is 5.92. The van der Waals surface area contributed by atoms with Crippen LogP contribution in [0.2, 0.25) is 0 Å². The van der Waals surface area contributed by atoms with E-state index in [1.807, 2.05) is 6.92 Å². The van der Waals surface area contributed by atoms with Gasteiger partial charge in [-0.3, -0.25) is 9.89 Å². The smallest absolute Gasteiger partial charge is 0.272 e. The van der Waals surface area contributed by atoms with Gasteiger partial charge in [0.1, 0.15) is 5.69 Å². The van der Waals surface area contributed by atoms with E-state index in [2.05, 4.69) is 15.5 Å². The second-order valence-corrected chi connectivity index (χ2v) is 4.29. The molecule has 16 heavy (non-hydrogen) atoms. The number of nitrogens with zero attached hydrogens (tertiary/aromatic N) is 1. The van der Waals surface area contributed by atoms with Crippen LogP contribution in [0.1, 0.15) is 35.9 Å². The zero-order valence-corrected chi connectivity index (χ0v) is 9.49. The van der Waals surface area contributed by atoms with Crippen LogP contribution in [0.5, 0.6) is 0 Å². The molecular weight excluding hydrogens is 204 g/mol. The van der Waals surface area contributed by atoms with Gasteiger partial charge < -0.3 is 11.1 Å². The topological polar surface area (TPSA) is 83.8 Å². The molecule has 1 saturated carbocycles. The Kier molecular flexibility index (Phi) is 3.24. The minimum absolute atomic E-state index is 0.106. The molecule has 5 nitrogen and oxygen atoms in total. The molecule has 1 heterocycles. The average Bonchev–Trinajstić information content (AvgIpc) is 3.02. The van der Waals surface area contributed by atoms with Gasteiger partial charge in [0.2, 0.25) is 0 Å². The third-order valence-corrected chi connectivity index (χ3v) is 3.01. The number of rotatable bonds is 5. The van der Waals surface area contributed by atoms with E-state index in [-0.39, 0.29) is 11.9 Å². The lowest BCUT2D eigenvalue weighted by molar-refractivity contribution is 0.0928. The lowest BCUT2D eigenvalue weighted by Gasteiger charge is -2.14. The van der Waals surface area contributed by atoms with Gasteiger partial charge in [0, 0.05) is 18.3 Å². The summed E-state index contributed by atoms with van der Waals surface area (Å²) in [5.41, 5.74) is 7.06. The van der Waals surface area contributed by atoms with Crippen LogP contribution in [0.25, 0.3) is 0 Å². The molecule has 88 valence electrons. The number of nitrogens with one attached hydrogen (secondary N) is 2. The number of hydrogen-bond acceptors (Lipinski definition) is 3. The monoisotopic (exact) mass is 222 g/mol. The molecular formula is C11H18N4O. The number of aromatic amines is 1. The fraction of sp³-hybridized carbons (Fsp3) is 0.636. The molecule has 0 saturated heterocycles. The van der Waals surface area contributed by atoms with Gasteiger partial charge in [-0.1, -0.05) is 6.92 Å². The SMILES string of the molecule is CCc1cc(C(=O)NC(CN)C2CC2)n[nH]1. The van der Waals surface area contributed by atoms with Crippen molar-refractivity contribution >= 4 is 5.91 Å². The summed E-state index contributed by atoms with van der Waals surface area (Å²) in [7, 11) is 0. The van der Waals surface area contributed by atoms with Crippen LogP contribution >= 0.6 is 0 Å². The molecule has 0 radical (unpaired) electrons. The Morgan fingerprint density at radius 2 is 2.50 bits per heavy atom. The summed E-state index contributed by atoms with van der Waals surface area (Å²) < 4.78 is 0. The maximum absolute atomic E-state index is 11.8. The van der Waals surface area contributed by atoms with Crippen molar-refractivity contribution in [2.24, 2.45) is 11.7 Å². The van der Waals surface area contributed by atoms with E-state index < -0.39 is 0 Å². The highest BCUT2D eigenvalue weighted by atomic mass is 16.2. The number of carbonyl (C=O) groups excluding carboxylic acids is 1. The van der Waals surface area contributed by atoms with Gasteiger partial charge in [0.05, 0.1) is 0 Å². The summed E-state index contributed by atoms with van der Waals surface area (Å²) in [4.78, 5) is 11.8. The average molecular weight is 222 g/mol. The molecule has 1 aromatic heterocycles. The van der Waals surface area contributed by atoms with Crippen LogP contribution in [-0.4, -0.2) is 28.7 Å². The second-order valence-electron chi connectivity index (χ2n) is 4.29. The lowest BCUT2D eigenvalue weighted by Crippen LogP contribution is -2.41. The van der Waals surface area contributed by atoms with Crippen molar-refractivity contribution in [3.05, 3.63) is 17.5 Å². The number of hydrogen-bond donors (Lipinski definition) is 3. The van der Waals surface area contributed by atoms with Crippen LogP contribution in [0.15, 0.2) is 6.07 Å². The van der Waals surface area contributed by atoms with Gasteiger partial charge >= 0.3 is 0 Å². The normalized spacial score (nSPS) is 17.1. The molecule has 0 aromatic carbocycles. The standard InChI is InChI=1S/C11H18N4O/c1-2-8-5-9(15-14-8)11(16)13-10(6-12)7-3-4-7/h5,7,10H,2-4,6,12H2,1H3,(H,13,16)(H,14,15). The molecule has 1 atom stereocenters. The third-order valence-electron chi connectivity index (χ3n) is 3.01. The first-order valence-corrected chi connectivity index (χ1v) is 5.79. The Balaban J connectivity index is 1.95. The summed E-state index contributed by atoms with van der Waals surface area (Å²) >= 11 is 0. The minimum atomic E-state index is -0.127. The lowest BCUT2D eigenvalue weighted by atomic mass is 10.2. The quantitative estimate of drug-likeness (QED) is 0.676. The van der Waals surface area contributed by atoms with E-state index >= 15 is 0 Å². The van der Waals surface area contributed by atoms with E-state index in [1.165, 1.54) is 12.8 Å². The van der Waals surface area contributed by atoms with Crippen molar-refractivity contribution in [3.8, 4) is 0 Å². The number of aromatic nitrogens is 2. The van der Waals surface area contributed by atoms with E-state index in [0.29, 0.717) is 18.2 Å². The highest BCUT2D eigenvalue weighted by Crippen LogP contribution is 2.32. The van der Waals surface area contributed by atoms with Crippen molar-refractivity contribution < 1.29 is 4.79 Å². The predicted molar refractivity (Wildman–Crippen MR) is 61.0 cm³/mol. The van der Waals surface area contributed by atoms with Crippen molar-refractivity contribution in [1.29, 1.82) is 0 Å². The van der Waals surface area contributed by atoms with E-state index in [9.17, 15) is 4.79 Å². The van der Waals surface area contributed by atoms with Crippen LogP contribution < -0.4 is 11.1 Å². The van der Waals surface area contributed by atoms with Gasteiger partial charge in [0.25, 0.3) is 5.91 Å².